The molecule has 1 fully saturated rings. The number of carbonyl (C=O) groups is 1. The summed E-state index contributed by atoms with van der Waals surface area (Å²) < 4.78 is 13.1. The molecule has 2 aromatic heterocycles. The summed E-state index contributed by atoms with van der Waals surface area (Å²) in [6, 6.07) is 7.64. The van der Waals surface area contributed by atoms with Gasteiger partial charge in [-0.1, -0.05) is 6.92 Å². The lowest BCUT2D eigenvalue weighted by Crippen LogP contribution is -2.45. The molecule has 1 aliphatic heterocycles. The summed E-state index contributed by atoms with van der Waals surface area (Å²) >= 11 is 0. The fraction of sp³-hybridized carbons (Fsp3) is 0.423. The normalized spacial score (nSPS) is 19.8. The van der Waals surface area contributed by atoms with Gasteiger partial charge in [-0.25, -0.2) is 9.97 Å². The molecule has 0 saturated carbocycles. The van der Waals surface area contributed by atoms with Gasteiger partial charge in [0.25, 0.3) is 5.91 Å². The number of likely N-dealkylation sites (tertiary alicyclic amines) is 1. The second-order valence-corrected chi connectivity index (χ2v) is 9.08. The van der Waals surface area contributed by atoms with Crippen molar-refractivity contribution in [2.24, 2.45) is 12.8 Å². The molecule has 34 heavy (non-hydrogen) atoms. The highest BCUT2D eigenvalue weighted by Crippen LogP contribution is 2.44. The zero-order chi connectivity index (χ0) is 24.0. The average Bonchev–Trinajstić information content (AvgIpc) is 3.39. The Hall–Kier alpha value is -3.39. The van der Waals surface area contributed by atoms with Crippen LogP contribution >= 0.6 is 0 Å². The Morgan fingerprint density at radius 1 is 1.21 bits per heavy atom. The molecule has 178 valence electrons. The summed E-state index contributed by atoms with van der Waals surface area (Å²) in [6.45, 7) is 3.45. The van der Waals surface area contributed by atoms with Gasteiger partial charge in [0.2, 0.25) is 5.88 Å². The Balaban J connectivity index is 1.57. The maximum absolute atomic E-state index is 13.3. The smallest absolute Gasteiger partial charge is 0.254 e. The van der Waals surface area contributed by atoms with Crippen molar-refractivity contribution in [3.63, 3.8) is 0 Å². The average molecular weight is 462 g/mol. The summed E-state index contributed by atoms with van der Waals surface area (Å²) in [5.74, 6) is 2.17. The van der Waals surface area contributed by atoms with Crippen LogP contribution in [0.2, 0.25) is 0 Å². The van der Waals surface area contributed by atoms with E-state index in [0.29, 0.717) is 23.7 Å². The predicted octanol–water partition coefficient (Wildman–Crippen LogP) is 3.60. The summed E-state index contributed by atoms with van der Waals surface area (Å²) in [5.41, 5.74) is 11.5. The predicted molar refractivity (Wildman–Crippen MR) is 132 cm³/mol. The first-order valence-corrected chi connectivity index (χ1v) is 11.8. The molecule has 5 rings (SSSR count). The van der Waals surface area contributed by atoms with Crippen molar-refractivity contribution in [1.29, 1.82) is 0 Å². The summed E-state index contributed by atoms with van der Waals surface area (Å²) in [7, 11) is 5.25. The van der Waals surface area contributed by atoms with E-state index in [0.717, 1.165) is 59.5 Å². The molecular formula is C26H31N5O3. The van der Waals surface area contributed by atoms with Gasteiger partial charge in [-0.3, -0.25) is 4.79 Å². The van der Waals surface area contributed by atoms with E-state index >= 15 is 0 Å². The Labute approximate surface area is 199 Å². The minimum absolute atomic E-state index is 0.0268. The number of benzene rings is 1. The van der Waals surface area contributed by atoms with Gasteiger partial charge in [0, 0.05) is 49.3 Å². The van der Waals surface area contributed by atoms with Crippen LogP contribution in [-0.2, 0) is 7.05 Å². The molecule has 1 aromatic carbocycles. The first-order valence-electron chi connectivity index (χ1n) is 11.8. The molecule has 8 heteroatoms. The van der Waals surface area contributed by atoms with Crippen LogP contribution in [-0.4, -0.2) is 58.7 Å². The number of aryl methyl sites for hydroxylation is 1. The Kier molecular flexibility index (Phi) is 5.77. The maximum Gasteiger partial charge on any atom is 0.254 e. The highest BCUT2D eigenvalue weighted by atomic mass is 16.5. The number of hydrogen-bond donors (Lipinski definition) is 1. The second-order valence-electron chi connectivity index (χ2n) is 9.08. The number of ether oxygens (including phenoxy) is 2. The van der Waals surface area contributed by atoms with Gasteiger partial charge in [-0.05, 0) is 49.1 Å². The van der Waals surface area contributed by atoms with Gasteiger partial charge >= 0.3 is 0 Å². The van der Waals surface area contributed by atoms with Crippen molar-refractivity contribution in [1.82, 2.24) is 19.4 Å². The molecule has 3 heterocycles. The molecule has 0 radical (unpaired) electrons. The molecule has 1 aliphatic carbocycles. The van der Waals surface area contributed by atoms with E-state index in [9.17, 15) is 4.79 Å². The van der Waals surface area contributed by atoms with Gasteiger partial charge in [-0.2, -0.15) is 0 Å². The molecule has 2 atom stereocenters. The number of piperidine rings is 1. The number of hydrogen-bond acceptors (Lipinski definition) is 6. The molecule has 8 nitrogen and oxygen atoms in total. The van der Waals surface area contributed by atoms with Crippen LogP contribution in [0.1, 0.15) is 59.5 Å². The molecule has 0 bridgehead atoms. The van der Waals surface area contributed by atoms with Crippen molar-refractivity contribution in [3.05, 3.63) is 46.9 Å². The lowest BCUT2D eigenvalue weighted by Gasteiger charge is -2.30. The quantitative estimate of drug-likeness (QED) is 0.624. The number of aromatic nitrogens is 3. The van der Waals surface area contributed by atoms with Gasteiger partial charge in [0.1, 0.15) is 17.1 Å². The van der Waals surface area contributed by atoms with Gasteiger partial charge in [0.05, 0.1) is 25.4 Å². The largest absolute Gasteiger partial charge is 0.494 e. The highest BCUT2D eigenvalue weighted by molar-refractivity contribution is 6.00. The van der Waals surface area contributed by atoms with Crippen molar-refractivity contribution in [2.45, 2.75) is 38.1 Å². The lowest BCUT2D eigenvalue weighted by molar-refractivity contribution is 0.0708. The summed E-state index contributed by atoms with van der Waals surface area (Å²) in [5, 5.41) is 0. The SMILES string of the molecule is CCC1C(c2nc3cc(C(=O)N4CCC[C@@H](N)C4)cc(OC)c3n2C)=Cc2ccc(OC)nc21. The number of fused-ring (bicyclic) bond motifs is 2. The molecule has 1 unspecified atom stereocenters. The van der Waals surface area contributed by atoms with E-state index < -0.39 is 0 Å². The van der Waals surface area contributed by atoms with E-state index in [1.807, 2.05) is 36.2 Å². The number of pyridine rings is 1. The van der Waals surface area contributed by atoms with Crippen molar-refractivity contribution in [2.75, 3.05) is 27.3 Å². The van der Waals surface area contributed by atoms with Gasteiger partial charge < -0.3 is 24.7 Å². The number of carbonyl (C=O) groups excluding carboxylic acids is 1. The Bertz CT molecular complexity index is 1300. The first-order chi connectivity index (χ1) is 16.4. The second kappa shape index (κ2) is 8.76. The van der Waals surface area contributed by atoms with E-state index in [1.54, 1.807) is 14.2 Å². The van der Waals surface area contributed by atoms with Crippen LogP contribution in [0.3, 0.4) is 0 Å². The number of amides is 1. The van der Waals surface area contributed by atoms with E-state index in [4.69, 9.17) is 25.2 Å². The molecule has 2 aliphatic rings. The number of methoxy groups -OCH3 is 2. The van der Waals surface area contributed by atoms with Crippen LogP contribution < -0.4 is 15.2 Å². The van der Waals surface area contributed by atoms with Gasteiger partial charge in [0.15, 0.2) is 0 Å². The van der Waals surface area contributed by atoms with Crippen molar-refractivity contribution < 1.29 is 14.3 Å². The van der Waals surface area contributed by atoms with Crippen LogP contribution in [0.4, 0.5) is 0 Å². The number of allylic oxidation sites excluding steroid dienone is 1. The van der Waals surface area contributed by atoms with E-state index in [1.165, 1.54) is 0 Å². The molecule has 1 saturated heterocycles. The third kappa shape index (κ3) is 3.62. The minimum Gasteiger partial charge on any atom is -0.494 e. The Morgan fingerprint density at radius 3 is 2.74 bits per heavy atom. The fourth-order valence-corrected chi connectivity index (χ4v) is 5.26. The number of rotatable bonds is 5. The van der Waals surface area contributed by atoms with Crippen molar-refractivity contribution in [3.8, 4) is 11.6 Å². The zero-order valence-corrected chi connectivity index (χ0v) is 20.2. The third-order valence-corrected chi connectivity index (χ3v) is 6.97. The topological polar surface area (TPSA) is 95.5 Å². The summed E-state index contributed by atoms with van der Waals surface area (Å²) in [6.07, 6.45) is 4.92. The van der Waals surface area contributed by atoms with Crippen LogP contribution in [0.25, 0.3) is 22.7 Å². The molecule has 2 N–H and O–H groups in total. The van der Waals surface area contributed by atoms with E-state index in [2.05, 4.69) is 17.6 Å². The van der Waals surface area contributed by atoms with Crippen LogP contribution in [0.15, 0.2) is 24.3 Å². The standard InChI is InChI=1S/C26H31N5O3/c1-5-18-19(11-15-8-9-22(34-4)29-23(15)18)25-28-20-12-16(13-21(33-3)24(20)30(25)2)26(32)31-10-6-7-17(27)14-31/h8-9,11-13,17-18H,5-7,10,14,27H2,1-4H3/t17-,18?/m1/s1. The van der Waals surface area contributed by atoms with Crippen molar-refractivity contribution >= 4 is 28.6 Å². The first kappa shape index (κ1) is 22.4. The molecule has 1 amide bonds. The Morgan fingerprint density at radius 2 is 2.03 bits per heavy atom. The molecule has 3 aromatic rings. The fourth-order valence-electron chi connectivity index (χ4n) is 5.26. The molecule has 0 spiro atoms. The minimum atomic E-state index is -0.0298. The summed E-state index contributed by atoms with van der Waals surface area (Å²) in [4.78, 5) is 24.8. The maximum atomic E-state index is 13.3. The van der Waals surface area contributed by atoms with Crippen LogP contribution in [0, 0.1) is 0 Å². The number of nitrogens with zero attached hydrogens (tertiary/aromatic N) is 4. The lowest BCUT2D eigenvalue weighted by atomic mass is 9.96. The zero-order valence-electron chi connectivity index (χ0n) is 20.2. The highest BCUT2D eigenvalue weighted by Gasteiger charge is 2.31. The monoisotopic (exact) mass is 461 g/mol. The van der Waals surface area contributed by atoms with Crippen LogP contribution in [0.5, 0.6) is 11.6 Å². The van der Waals surface area contributed by atoms with E-state index in [-0.39, 0.29) is 17.9 Å². The number of nitrogens with two attached hydrogens (primary N) is 1. The van der Waals surface area contributed by atoms with Gasteiger partial charge in [-0.15, -0.1) is 0 Å². The number of imidazole rings is 1. The third-order valence-electron chi connectivity index (χ3n) is 6.97. The molecular weight excluding hydrogens is 430 g/mol.